The first-order chi connectivity index (χ1) is 9.70. The maximum atomic E-state index is 11.1. The second kappa shape index (κ2) is 6.53. The molecule has 0 atom stereocenters. The number of rotatable bonds is 5. The van der Waals surface area contributed by atoms with Gasteiger partial charge in [-0.3, -0.25) is 0 Å². The van der Waals surface area contributed by atoms with Crippen molar-refractivity contribution in [2.45, 2.75) is 6.42 Å². The fourth-order valence-electron chi connectivity index (χ4n) is 2.01. The number of hydrogen-bond donors (Lipinski definition) is 1. The number of allylic oxidation sites excluding steroid dienone is 1. The Hall–Kier alpha value is -2.61. The van der Waals surface area contributed by atoms with Gasteiger partial charge < -0.3 is 5.11 Å². The van der Waals surface area contributed by atoms with Gasteiger partial charge in [-0.05, 0) is 29.2 Å². The van der Waals surface area contributed by atoms with E-state index < -0.39 is 5.97 Å². The molecule has 100 valence electrons. The summed E-state index contributed by atoms with van der Waals surface area (Å²) in [5.74, 6) is -0.911. The van der Waals surface area contributed by atoms with E-state index in [1.54, 1.807) is 18.2 Å². The summed E-state index contributed by atoms with van der Waals surface area (Å²) in [7, 11) is 0. The van der Waals surface area contributed by atoms with Crippen molar-refractivity contribution in [2.75, 3.05) is 0 Å². The maximum Gasteiger partial charge on any atom is 0.336 e. The van der Waals surface area contributed by atoms with Gasteiger partial charge >= 0.3 is 5.97 Å². The smallest absolute Gasteiger partial charge is 0.336 e. The van der Waals surface area contributed by atoms with E-state index in [2.05, 4.69) is 12.6 Å². The lowest BCUT2D eigenvalue weighted by atomic mass is 10.0. The quantitative estimate of drug-likeness (QED) is 0.646. The standard InChI is InChI=1S/C18H16O2/c1-2-6-14-7-5-8-15(13-14)11-12-16-9-3-4-10-17(16)18(19)20/h2-5,7-13H,1,6H2,(H,19,20)/b12-11+. The molecule has 0 aromatic heterocycles. The molecule has 2 aromatic carbocycles. The lowest BCUT2D eigenvalue weighted by molar-refractivity contribution is 0.0696. The van der Waals surface area contributed by atoms with E-state index in [1.807, 2.05) is 42.5 Å². The summed E-state index contributed by atoms with van der Waals surface area (Å²) in [4.78, 5) is 11.1. The van der Waals surface area contributed by atoms with Crippen LogP contribution in [0.25, 0.3) is 12.2 Å². The minimum absolute atomic E-state index is 0.311. The molecule has 2 nitrogen and oxygen atoms in total. The molecule has 0 amide bonds. The molecule has 0 unspecified atom stereocenters. The van der Waals surface area contributed by atoms with Gasteiger partial charge in [-0.1, -0.05) is 60.7 Å². The number of carbonyl (C=O) groups is 1. The van der Waals surface area contributed by atoms with Crippen LogP contribution in [0.15, 0.2) is 61.2 Å². The van der Waals surface area contributed by atoms with Crippen LogP contribution in [-0.4, -0.2) is 11.1 Å². The third kappa shape index (κ3) is 3.45. The van der Waals surface area contributed by atoms with Crippen LogP contribution in [0.1, 0.15) is 27.0 Å². The van der Waals surface area contributed by atoms with Crippen molar-refractivity contribution in [2.24, 2.45) is 0 Å². The molecular weight excluding hydrogens is 248 g/mol. The Morgan fingerprint density at radius 3 is 2.65 bits per heavy atom. The highest BCUT2D eigenvalue weighted by atomic mass is 16.4. The van der Waals surface area contributed by atoms with Crippen LogP contribution in [0.5, 0.6) is 0 Å². The normalized spacial score (nSPS) is 10.6. The van der Waals surface area contributed by atoms with Gasteiger partial charge in [0.05, 0.1) is 5.56 Å². The van der Waals surface area contributed by atoms with Crippen LogP contribution in [-0.2, 0) is 6.42 Å². The first kappa shape index (κ1) is 13.8. The van der Waals surface area contributed by atoms with Crippen molar-refractivity contribution in [1.29, 1.82) is 0 Å². The molecule has 0 aliphatic rings. The Bertz CT molecular complexity index is 654. The van der Waals surface area contributed by atoms with Crippen molar-refractivity contribution in [3.63, 3.8) is 0 Å². The number of hydrogen-bond acceptors (Lipinski definition) is 1. The van der Waals surface area contributed by atoms with Gasteiger partial charge in [-0.15, -0.1) is 6.58 Å². The van der Waals surface area contributed by atoms with Gasteiger partial charge in [0.15, 0.2) is 0 Å². The molecule has 0 heterocycles. The largest absolute Gasteiger partial charge is 0.478 e. The highest BCUT2D eigenvalue weighted by Gasteiger charge is 2.05. The number of aromatic carboxylic acids is 1. The lowest BCUT2D eigenvalue weighted by Crippen LogP contribution is -1.98. The fourth-order valence-corrected chi connectivity index (χ4v) is 2.01. The number of carboxylic acids is 1. The van der Waals surface area contributed by atoms with E-state index in [1.165, 1.54) is 5.56 Å². The molecule has 0 saturated carbocycles. The zero-order chi connectivity index (χ0) is 14.4. The van der Waals surface area contributed by atoms with Crippen molar-refractivity contribution in [3.8, 4) is 0 Å². The highest BCUT2D eigenvalue weighted by Crippen LogP contribution is 2.14. The molecule has 0 radical (unpaired) electrons. The van der Waals surface area contributed by atoms with Crippen molar-refractivity contribution < 1.29 is 9.90 Å². The van der Waals surface area contributed by atoms with Crippen LogP contribution in [0.3, 0.4) is 0 Å². The van der Waals surface area contributed by atoms with Crippen LogP contribution in [0.4, 0.5) is 0 Å². The minimum Gasteiger partial charge on any atom is -0.478 e. The SMILES string of the molecule is C=CCc1cccc(/C=C/c2ccccc2C(=O)O)c1. The lowest BCUT2D eigenvalue weighted by Gasteiger charge is -2.01. The van der Waals surface area contributed by atoms with Crippen LogP contribution in [0, 0.1) is 0 Å². The summed E-state index contributed by atoms with van der Waals surface area (Å²) >= 11 is 0. The predicted octanol–water partition coefficient (Wildman–Crippen LogP) is 4.28. The summed E-state index contributed by atoms with van der Waals surface area (Å²) in [6.07, 6.45) is 6.45. The summed E-state index contributed by atoms with van der Waals surface area (Å²) in [5.41, 5.74) is 3.25. The predicted molar refractivity (Wildman–Crippen MR) is 82.7 cm³/mol. The van der Waals surface area contributed by atoms with Gasteiger partial charge in [-0.25, -0.2) is 4.79 Å². The number of benzene rings is 2. The Morgan fingerprint density at radius 2 is 1.90 bits per heavy atom. The molecule has 0 aliphatic carbocycles. The highest BCUT2D eigenvalue weighted by molar-refractivity contribution is 5.93. The molecule has 20 heavy (non-hydrogen) atoms. The molecule has 0 aliphatic heterocycles. The Kier molecular flexibility index (Phi) is 4.51. The molecule has 0 fully saturated rings. The molecule has 0 bridgehead atoms. The second-order valence-electron chi connectivity index (χ2n) is 4.46. The van der Waals surface area contributed by atoms with Crippen molar-refractivity contribution in [1.82, 2.24) is 0 Å². The maximum absolute atomic E-state index is 11.1. The summed E-state index contributed by atoms with van der Waals surface area (Å²) < 4.78 is 0. The molecule has 0 saturated heterocycles. The van der Waals surface area contributed by atoms with E-state index in [-0.39, 0.29) is 0 Å². The van der Waals surface area contributed by atoms with Crippen LogP contribution >= 0.6 is 0 Å². The Balaban J connectivity index is 2.27. The fraction of sp³-hybridized carbons (Fsp3) is 0.0556. The molecule has 2 aromatic rings. The zero-order valence-electron chi connectivity index (χ0n) is 11.1. The van der Waals surface area contributed by atoms with Gasteiger partial charge in [-0.2, -0.15) is 0 Å². The average molecular weight is 264 g/mol. The van der Waals surface area contributed by atoms with E-state index in [9.17, 15) is 4.79 Å². The number of carboxylic acid groups (broad SMARTS) is 1. The Labute approximate surface area is 118 Å². The van der Waals surface area contributed by atoms with E-state index in [4.69, 9.17) is 5.11 Å². The Morgan fingerprint density at radius 1 is 1.10 bits per heavy atom. The second-order valence-corrected chi connectivity index (χ2v) is 4.46. The molecule has 0 spiro atoms. The molecule has 2 heteroatoms. The summed E-state index contributed by atoms with van der Waals surface area (Å²) in [5, 5.41) is 9.13. The van der Waals surface area contributed by atoms with Crippen LogP contribution < -0.4 is 0 Å². The van der Waals surface area contributed by atoms with E-state index in [0.29, 0.717) is 11.1 Å². The van der Waals surface area contributed by atoms with E-state index >= 15 is 0 Å². The third-order valence-electron chi connectivity index (χ3n) is 2.98. The van der Waals surface area contributed by atoms with Gasteiger partial charge in [0, 0.05) is 0 Å². The van der Waals surface area contributed by atoms with Gasteiger partial charge in [0.2, 0.25) is 0 Å². The minimum atomic E-state index is -0.911. The van der Waals surface area contributed by atoms with Crippen molar-refractivity contribution in [3.05, 3.63) is 83.4 Å². The summed E-state index contributed by atoms with van der Waals surface area (Å²) in [6, 6.07) is 15.1. The van der Waals surface area contributed by atoms with Gasteiger partial charge in [0.1, 0.15) is 0 Å². The topological polar surface area (TPSA) is 37.3 Å². The summed E-state index contributed by atoms with van der Waals surface area (Å²) in [6.45, 7) is 3.73. The molecule has 2 rings (SSSR count). The first-order valence-corrected chi connectivity index (χ1v) is 6.41. The molecular formula is C18H16O2. The first-order valence-electron chi connectivity index (χ1n) is 6.41. The van der Waals surface area contributed by atoms with Gasteiger partial charge in [0.25, 0.3) is 0 Å². The van der Waals surface area contributed by atoms with Crippen LogP contribution in [0.2, 0.25) is 0 Å². The zero-order valence-corrected chi connectivity index (χ0v) is 11.1. The van der Waals surface area contributed by atoms with Crippen molar-refractivity contribution >= 4 is 18.1 Å². The third-order valence-corrected chi connectivity index (χ3v) is 2.98. The van der Waals surface area contributed by atoms with E-state index in [0.717, 1.165) is 12.0 Å². The average Bonchev–Trinajstić information content (AvgIpc) is 2.46. The monoisotopic (exact) mass is 264 g/mol. The molecule has 1 N–H and O–H groups in total.